The van der Waals surface area contributed by atoms with Crippen LogP contribution < -0.4 is 5.32 Å². The molecular formula is C18H26N2O. The largest absolute Gasteiger partial charge is 0.337 e. The molecule has 114 valence electrons. The summed E-state index contributed by atoms with van der Waals surface area (Å²) in [7, 11) is 1.94. The first-order valence-electron chi connectivity index (χ1n) is 8.32. The van der Waals surface area contributed by atoms with Gasteiger partial charge in [-0.2, -0.15) is 0 Å². The van der Waals surface area contributed by atoms with Crippen molar-refractivity contribution in [3.63, 3.8) is 0 Å². The fourth-order valence-electron chi connectivity index (χ4n) is 3.91. The zero-order valence-electron chi connectivity index (χ0n) is 13.0. The third-order valence-electron chi connectivity index (χ3n) is 5.14. The van der Waals surface area contributed by atoms with Crippen LogP contribution in [0.3, 0.4) is 0 Å². The van der Waals surface area contributed by atoms with E-state index in [0.717, 1.165) is 19.5 Å². The lowest BCUT2D eigenvalue weighted by atomic mass is 9.83. The molecule has 1 amide bonds. The van der Waals surface area contributed by atoms with Gasteiger partial charge in [-0.25, -0.2) is 0 Å². The van der Waals surface area contributed by atoms with Crippen LogP contribution in [-0.2, 0) is 17.8 Å². The highest BCUT2D eigenvalue weighted by Gasteiger charge is 2.32. The van der Waals surface area contributed by atoms with Crippen LogP contribution in [0.5, 0.6) is 0 Å². The van der Waals surface area contributed by atoms with Crippen molar-refractivity contribution in [3.8, 4) is 0 Å². The summed E-state index contributed by atoms with van der Waals surface area (Å²) in [6, 6.07) is 8.52. The molecule has 1 aromatic carbocycles. The second kappa shape index (κ2) is 6.61. The number of benzene rings is 1. The fraction of sp³-hybridized carbons (Fsp3) is 0.611. The van der Waals surface area contributed by atoms with Crippen molar-refractivity contribution in [2.75, 3.05) is 13.6 Å². The van der Waals surface area contributed by atoms with Crippen LogP contribution in [0.25, 0.3) is 0 Å². The van der Waals surface area contributed by atoms with Crippen molar-refractivity contribution in [2.24, 2.45) is 5.92 Å². The highest BCUT2D eigenvalue weighted by Crippen LogP contribution is 2.28. The Kier molecular flexibility index (Phi) is 4.59. The lowest BCUT2D eigenvalue weighted by molar-refractivity contribution is -0.136. The van der Waals surface area contributed by atoms with Crippen LogP contribution in [0, 0.1) is 5.92 Å². The molecule has 1 N–H and O–H groups in total. The second-order valence-electron chi connectivity index (χ2n) is 6.44. The van der Waals surface area contributed by atoms with Gasteiger partial charge in [0.25, 0.3) is 0 Å². The van der Waals surface area contributed by atoms with E-state index in [-0.39, 0.29) is 6.04 Å². The van der Waals surface area contributed by atoms with Crippen molar-refractivity contribution >= 4 is 5.91 Å². The average molecular weight is 286 g/mol. The van der Waals surface area contributed by atoms with E-state index in [1.807, 2.05) is 7.05 Å². The van der Waals surface area contributed by atoms with Gasteiger partial charge in [-0.15, -0.1) is 0 Å². The van der Waals surface area contributed by atoms with E-state index in [1.54, 1.807) is 0 Å². The first-order chi connectivity index (χ1) is 10.3. The smallest absolute Gasteiger partial charge is 0.240 e. The van der Waals surface area contributed by atoms with E-state index >= 15 is 0 Å². The minimum absolute atomic E-state index is 0.00978. The summed E-state index contributed by atoms with van der Waals surface area (Å²) in [6.07, 6.45) is 7.27. The minimum Gasteiger partial charge on any atom is -0.337 e. The molecule has 0 radical (unpaired) electrons. The highest BCUT2D eigenvalue weighted by molar-refractivity contribution is 5.82. The summed E-state index contributed by atoms with van der Waals surface area (Å²) < 4.78 is 0. The van der Waals surface area contributed by atoms with E-state index in [0.29, 0.717) is 11.8 Å². The summed E-state index contributed by atoms with van der Waals surface area (Å²) in [6.45, 7) is 1.64. The third kappa shape index (κ3) is 3.13. The maximum Gasteiger partial charge on any atom is 0.240 e. The molecule has 1 aromatic rings. The van der Waals surface area contributed by atoms with Crippen molar-refractivity contribution in [1.29, 1.82) is 0 Å². The summed E-state index contributed by atoms with van der Waals surface area (Å²) >= 11 is 0. The van der Waals surface area contributed by atoms with Gasteiger partial charge >= 0.3 is 0 Å². The first-order valence-corrected chi connectivity index (χ1v) is 8.32. The average Bonchev–Trinajstić information content (AvgIpc) is 2.56. The van der Waals surface area contributed by atoms with Crippen LogP contribution in [0.15, 0.2) is 24.3 Å². The Hall–Kier alpha value is -1.35. The number of carbonyl (C=O) groups is 1. The Morgan fingerprint density at radius 3 is 2.62 bits per heavy atom. The Balaban J connectivity index is 1.69. The number of hydrogen-bond donors (Lipinski definition) is 1. The molecule has 0 aromatic heterocycles. The molecule has 1 saturated carbocycles. The molecule has 1 aliphatic heterocycles. The number of likely N-dealkylation sites (N-methyl/N-ethyl adjacent to an activating group) is 1. The van der Waals surface area contributed by atoms with Crippen LogP contribution in [0.2, 0.25) is 0 Å². The molecule has 21 heavy (non-hydrogen) atoms. The van der Waals surface area contributed by atoms with E-state index < -0.39 is 0 Å². The van der Waals surface area contributed by atoms with E-state index in [4.69, 9.17) is 0 Å². The lowest BCUT2D eigenvalue weighted by Gasteiger charge is -2.35. The van der Waals surface area contributed by atoms with Gasteiger partial charge in [-0.05, 0) is 43.4 Å². The predicted octanol–water partition coefficient (Wildman–Crippen LogP) is 2.74. The molecule has 3 nitrogen and oxygen atoms in total. The molecule has 1 aliphatic carbocycles. The number of carbonyl (C=O) groups excluding carboxylic acids is 1. The topological polar surface area (TPSA) is 32.3 Å². The highest BCUT2D eigenvalue weighted by atomic mass is 16.2. The Bertz CT molecular complexity index is 494. The lowest BCUT2D eigenvalue weighted by Crippen LogP contribution is -2.50. The summed E-state index contributed by atoms with van der Waals surface area (Å²) in [5.74, 6) is 0.826. The molecule has 0 spiro atoms. The number of hydrogen-bond acceptors (Lipinski definition) is 2. The second-order valence-corrected chi connectivity index (χ2v) is 6.44. The monoisotopic (exact) mass is 286 g/mol. The minimum atomic E-state index is 0.00978. The summed E-state index contributed by atoms with van der Waals surface area (Å²) in [5.41, 5.74) is 2.72. The van der Waals surface area contributed by atoms with Gasteiger partial charge < -0.3 is 10.2 Å². The Morgan fingerprint density at radius 1 is 1.19 bits per heavy atom. The molecular weight excluding hydrogens is 260 g/mol. The van der Waals surface area contributed by atoms with Gasteiger partial charge in [0, 0.05) is 13.1 Å². The number of rotatable bonds is 3. The van der Waals surface area contributed by atoms with E-state index in [1.165, 1.54) is 43.2 Å². The van der Waals surface area contributed by atoms with Crippen molar-refractivity contribution in [2.45, 2.75) is 51.1 Å². The van der Waals surface area contributed by atoms with E-state index in [2.05, 4.69) is 34.5 Å². The molecule has 0 saturated heterocycles. The van der Waals surface area contributed by atoms with Gasteiger partial charge in [0.1, 0.15) is 0 Å². The zero-order chi connectivity index (χ0) is 14.7. The quantitative estimate of drug-likeness (QED) is 0.926. The van der Waals surface area contributed by atoms with Crippen molar-refractivity contribution < 1.29 is 4.79 Å². The predicted molar refractivity (Wildman–Crippen MR) is 85.0 cm³/mol. The van der Waals surface area contributed by atoms with Crippen LogP contribution in [-0.4, -0.2) is 30.4 Å². The van der Waals surface area contributed by atoms with Crippen LogP contribution >= 0.6 is 0 Å². The summed E-state index contributed by atoms with van der Waals surface area (Å²) in [4.78, 5) is 15.0. The zero-order valence-corrected chi connectivity index (χ0v) is 13.0. The molecule has 2 aliphatic rings. The van der Waals surface area contributed by atoms with Crippen molar-refractivity contribution in [3.05, 3.63) is 35.4 Å². The fourth-order valence-corrected chi connectivity index (χ4v) is 3.91. The summed E-state index contributed by atoms with van der Waals surface area (Å²) in [5, 5.41) is 3.30. The SMILES string of the molecule is CN[C@H](C(=O)N1CCc2ccccc2C1)C1CCCCC1. The molecule has 3 rings (SSSR count). The van der Waals surface area contributed by atoms with Gasteiger partial charge in [-0.1, -0.05) is 43.5 Å². The number of nitrogens with one attached hydrogen (secondary N) is 1. The molecule has 0 unspecified atom stereocenters. The molecule has 1 heterocycles. The molecule has 3 heteroatoms. The van der Waals surface area contributed by atoms with Gasteiger partial charge in [0.2, 0.25) is 5.91 Å². The first kappa shape index (κ1) is 14.6. The van der Waals surface area contributed by atoms with Crippen molar-refractivity contribution in [1.82, 2.24) is 10.2 Å². The Labute approximate surface area is 127 Å². The molecule has 1 atom stereocenters. The third-order valence-corrected chi connectivity index (χ3v) is 5.14. The van der Waals surface area contributed by atoms with Crippen LogP contribution in [0.1, 0.15) is 43.2 Å². The number of nitrogens with zero attached hydrogens (tertiary/aromatic N) is 1. The van der Waals surface area contributed by atoms with Gasteiger partial charge in [-0.3, -0.25) is 4.79 Å². The van der Waals surface area contributed by atoms with E-state index in [9.17, 15) is 4.79 Å². The maximum absolute atomic E-state index is 12.9. The van der Waals surface area contributed by atoms with Crippen LogP contribution in [0.4, 0.5) is 0 Å². The number of fused-ring (bicyclic) bond motifs is 1. The van der Waals surface area contributed by atoms with Gasteiger partial charge in [0.05, 0.1) is 6.04 Å². The molecule has 0 bridgehead atoms. The van der Waals surface area contributed by atoms with Gasteiger partial charge in [0.15, 0.2) is 0 Å². The molecule has 1 fully saturated rings. The Morgan fingerprint density at radius 2 is 1.90 bits per heavy atom. The normalized spacial score (nSPS) is 20.9. The standard InChI is InChI=1S/C18H26N2O/c1-19-17(15-8-3-2-4-9-15)18(21)20-12-11-14-7-5-6-10-16(14)13-20/h5-7,10,15,17,19H,2-4,8-9,11-13H2,1H3/t17-/m0/s1. The number of amides is 1. The maximum atomic E-state index is 12.9.